The molecule has 0 saturated carbocycles. The van der Waals surface area contributed by atoms with Crippen LogP contribution in [0.2, 0.25) is 0 Å². The second kappa shape index (κ2) is 6.79. The normalized spacial score (nSPS) is 21.2. The van der Waals surface area contributed by atoms with E-state index in [1.165, 1.54) is 15.3 Å². The standard InChI is InChI=1S/C13H22N2O2S3/c1-3-20(16,17)13-9-18-5-4-15(13)8-11-6-12(7-14)19-10(11)2/h6,13H,3-5,7-9,14H2,1-2H3. The minimum absolute atomic E-state index is 0.214. The minimum Gasteiger partial charge on any atom is -0.326 e. The van der Waals surface area contributed by atoms with Crippen molar-refractivity contribution in [2.75, 3.05) is 23.8 Å². The molecule has 7 heteroatoms. The van der Waals surface area contributed by atoms with Crippen LogP contribution in [-0.4, -0.2) is 42.5 Å². The summed E-state index contributed by atoms with van der Waals surface area (Å²) in [5.41, 5.74) is 6.90. The minimum atomic E-state index is -3.02. The Morgan fingerprint density at radius 1 is 1.50 bits per heavy atom. The fourth-order valence-corrected chi connectivity index (χ4v) is 6.40. The summed E-state index contributed by atoms with van der Waals surface area (Å²) in [6.07, 6.45) is 0. The van der Waals surface area contributed by atoms with Crippen LogP contribution in [-0.2, 0) is 22.9 Å². The Morgan fingerprint density at radius 3 is 2.85 bits per heavy atom. The molecule has 2 N–H and O–H groups in total. The van der Waals surface area contributed by atoms with E-state index >= 15 is 0 Å². The van der Waals surface area contributed by atoms with Crippen molar-refractivity contribution in [2.24, 2.45) is 5.73 Å². The van der Waals surface area contributed by atoms with Crippen molar-refractivity contribution in [2.45, 2.75) is 32.3 Å². The van der Waals surface area contributed by atoms with Crippen molar-refractivity contribution < 1.29 is 8.42 Å². The van der Waals surface area contributed by atoms with E-state index in [4.69, 9.17) is 5.73 Å². The number of hydrogen-bond acceptors (Lipinski definition) is 6. The van der Waals surface area contributed by atoms with Gasteiger partial charge in [-0.15, -0.1) is 11.3 Å². The first-order valence-corrected chi connectivity index (χ1v) is 10.5. The van der Waals surface area contributed by atoms with Crippen molar-refractivity contribution in [3.63, 3.8) is 0 Å². The van der Waals surface area contributed by atoms with Gasteiger partial charge in [-0.1, -0.05) is 6.92 Å². The smallest absolute Gasteiger partial charge is 0.166 e. The Bertz CT molecular complexity index is 554. The summed E-state index contributed by atoms with van der Waals surface area (Å²) in [7, 11) is -3.02. The molecule has 4 nitrogen and oxygen atoms in total. The summed E-state index contributed by atoms with van der Waals surface area (Å²) < 4.78 is 24.5. The maximum Gasteiger partial charge on any atom is 0.166 e. The SMILES string of the molecule is CCS(=O)(=O)C1CSCCN1Cc1cc(CN)sc1C. The highest BCUT2D eigenvalue weighted by Crippen LogP contribution is 2.27. The summed E-state index contributed by atoms with van der Waals surface area (Å²) in [5, 5.41) is -0.341. The van der Waals surface area contributed by atoms with Crippen LogP contribution in [0.3, 0.4) is 0 Å². The van der Waals surface area contributed by atoms with Gasteiger partial charge < -0.3 is 5.73 Å². The predicted octanol–water partition coefficient (Wildman–Crippen LogP) is 1.82. The summed E-state index contributed by atoms with van der Waals surface area (Å²) >= 11 is 3.45. The van der Waals surface area contributed by atoms with E-state index < -0.39 is 9.84 Å². The van der Waals surface area contributed by atoms with Crippen LogP contribution < -0.4 is 5.73 Å². The molecule has 0 aromatic carbocycles. The van der Waals surface area contributed by atoms with Crippen LogP contribution in [0.5, 0.6) is 0 Å². The number of thiophene rings is 1. The van der Waals surface area contributed by atoms with E-state index in [1.807, 2.05) is 0 Å². The Hall–Kier alpha value is -0.0800. The third-order valence-corrected chi connectivity index (χ3v) is 8.10. The van der Waals surface area contributed by atoms with Crippen LogP contribution in [0.15, 0.2) is 6.07 Å². The fourth-order valence-electron chi connectivity index (χ4n) is 2.38. The first-order chi connectivity index (χ1) is 9.47. The van der Waals surface area contributed by atoms with E-state index in [0.717, 1.165) is 12.3 Å². The molecule has 0 bridgehead atoms. The van der Waals surface area contributed by atoms with Crippen molar-refractivity contribution >= 4 is 32.9 Å². The lowest BCUT2D eigenvalue weighted by Gasteiger charge is -2.34. The molecule has 0 radical (unpaired) electrons. The molecule has 1 aromatic rings. The van der Waals surface area contributed by atoms with Crippen LogP contribution in [0.4, 0.5) is 0 Å². The monoisotopic (exact) mass is 334 g/mol. The lowest BCUT2D eigenvalue weighted by atomic mass is 10.2. The Labute approximate surface area is 129 Å². The molecule has 20 heavy (non-hydrogen) atoms. The highest BCUT2D eigenvalue weighted by atomic mass is 32.2. The molecule has 1 aliphatic heterocycles. The number of aryl methyl sites for hydroxylation is 1. The molecular formula is C13H22N2O2S3. The van der Waals surface area contributed by atoms with Gasteiger partial charge >= 0.3 is 0 Å². The van der Waals surface area contributed by atoms with Gasteiger partial charge in [-0.2, -0.15) is 11.8 Å². The summed E-state index contributed by atoms with van der Waals surface area (Å²) in [4.78, 5) is 4.53. The van der Waals surface area contributed by atoms with Gasteiger partial charge in [0, 0.05) is 46.6 Å². The predicted molar refractivity (Wildman–Crippen MR) is 87.9 cm³/mol. The van der Waals surface area contributed by atoms with E-state index in [0.29, 0.717) is 18.8 Å². The third kappa shape index (κ3) is 3.57. The van der Waals surface area contributed by atoms with Crippen molar-refractivity contribution in [1.82, 2.24) is 4.90 Å². The van der Waals surface area contributed by atoms with Gasteiger partial charge in [-0.05, 0) is 18.6 Å². The highest BCUT2D eigenvalue weighted by Gasteiger charge is 2.33. The largest absolute Gasteiger partial charge is 0.326 e. The van der Waals surface area contributed by atoms with Gasteiger partial charge in [-0.3, -0.25) is 4.90 Å². The molecule has 1 saturated heterocycles. The fraction of sp³-hybridized carbons (Fsp3) is 0.692. The van der Waals surface area contributed by atoms with E-state index in [9.17, 15) is 8.42 Å². The van der Waals surface area contributed by atoms with Gasteiger partial charge in [0.15, 0.2) is 9.84 Å². The summed E-state index contributed by atoms with van der Waals surface area (Å²) in [6.45, 7) is 5.92. The highest BCUT2D eigenvalue weighted by molar-refractivity contribution is 8.01. The van der Waals surface area contributed by atoms with Crippen molar-refractivity contribution in [1.29, 1.82) is 0 Å². The van der Waals surface area contributed by atoms with Crippen LogP contribution in [0.25, 0.3) is 0 Å². The van der Waals surface area contributed by atoms with Gasteiger partial charge in [0.05, 0.1) is 0 Å². The Balaban J connectivity index is 2.18. The molecule has 2 rings (SSSR count). The second-order valence-corrected chi connectivity index (χ2v) is 9.89. The molecule has 1 fully saturated rings. The lowest BCUT2D eigenvalue weighted by molar-refractivity contribution is 0.261. The maximum absolute atomic E-state index is 12.2. The zero-order valence-electron chi connectivity index (χ0n) is 12.0. The molecule has 2 heterocycles. The second-order valence-electron chi connectivity index (χ2n) is 4.95. The van der Waals surface area contributed by atoms with Gasteiger partial charge in [0.2, 0.25) is 0 Å². The zero-order chi connectivity index (χ0) is 14.8. The topological polar surface area (TPSA) is 63.4 Å². The number of nitrogens with zero attached hydrogens (tertiary/aromatic N) is 1. The number of sulfone groups is 1. The van der Waals surface area contributed by atoms with E-state index in [2.05, 4.69) is 17.9 Å². The van der Waals surface area contributed by atoms with Gasteiger partial charge in [-0.25, -0.2) is 8.42 Å². The molecule has 1 aromatic heterocycles. The van der Waals surface area contributed by atoms with Gasteiger partial charge in [0.25, 0.3) is 0 Å². The Kier molecular flexibility index (Phi) is 5.53. The third-order valence-electron chi connectivity index (χ3n) is 3.65. The lowest BCUT2D eigenvalue weighted by Crippen LogP contribution is -2.47. The molecule has 114 valence electrons. The van der Waals surface area contributed by atoms with E-state index in [-0.39, 0.29) is 11.1 Å². The average molecular weight is 335 g/mol. The quantitative estimate of drug-likeness (QED) is 0.890. The number of thioether (sulfide) groups is 1. The molecule has 0 aliphatic carbocycles. The molecule has 1 unspecified atom stereocenters. The molecule has 0 amide bonds. The van der Waals surface area contributed by atoms with Crippen molar-refractivity contribution in [3.8, 4) is 0 Å². The summed E-state index contributed by atoms with van der Waals surface area (Å²) in [5.74, 6) is 1.90. The van der Waals surface area contributed by atoms with E-state index in [1.54, 1.807) is 30.0 Å². The first kappa shape index (κ1) is 16.3. The van der Waals surface area contributed by atoms with Crippen LogP contribution in [0, 0.1) is 6.92 Å². The molecular weight excluding hydrogens is 312 g/mol. The molecule has 1 atom stereocenters. The maximum atomic E-state index is 12.2. The first-order valence-electron chi connectivity index (χ1n) is 6.79. The van der Waals surface area contributed by atoms with Crippen molar-refractivity contribution in [3.05, 3.63) is 21.4 Å². The van der Waals surface area contributed by atoms with Gasteiger partial charge in [0.1, 0.15) is 5.37 Å². The molecule has 0 spiro atoms. The van der Waals surface area contributed by atoms with Crippen LogP contribution in [0.1, 0.15) is 22.2 Å². The Morgan fingerprint density at radius 2 is 2.25 bits per heavy atom. The van der Waals surface area contributed by atoms with Crippen LogP contribution >= 0.6 is 23.1 Å². The number of rotatable bonds is 5. The number of nitrogens with two attached hydrogens (primary N) is 1. The molecule has 1 aliphatic rings. The average Bonchev–Trinajstić information content (AvgIpc) is 2.80. The zero-order valence-corrected chi connectivity index (χ0v) is 14.4. The number of hydrogen-bond donors (Lipinski definition) is 1. The summed E-state index contributed by atoms with van der Waals surface area (Å²) in [6, 6.07) is 2.12.